The molecular weight excluding hydrogens is 378 g/mol. The number of benzene rings is 1. The molecule has 1 aromatic carbocycles. The van der Waals surface area contributed by atoms with Crippen molar-refractivity contribution in [3.63, 3.8) is 0 Å². The highest BCUT2D eigenvalue weighted by atomic mass is 35.5. The molecule has 0 radical (unpaired) electrons. The lowest BCUT2D eigenvalue weighted by atomic mass is 10.1. The van der Waals surface area contributed by atoms with Gasteiger partial charge in [-0.2, -0.15) is 0 Å². The van der Waals surface area contributed by atoms with E-state index in [9.17, 15) is 8.42 Å². The molecule has 0 unspecified atom stereocenters. The second-order valence-corrected chi connectivity index (χ2v) is 9.22. The summed E-state index contributed by atoms with van der Waals surface area (Å²) in [6.07, 6.45) is 1.47. The van der Waals surface area contributed by atoms with E-state index in [2.05, 4.69) is 21.1 Å². The van der Waals surface area contributed by atoms with Crippen LogP contribution in [0.4, 0.5) is 17.2 Å². The fraction of sp³-hybridized carbons (Fsp3) is 0.118. The molecule has 0 aliphatic heterocycles. The zero-order valence-corrected chi connectivity index (χ0v) is 16.0. The molecule has 2 heterocycles. The Morgan fingerprint density at radius 2 is 1.72 bits per heavy atom. The number of sulfonamides is 1. The Bertz CT molecular complexity index is 979. The molecule has 5 nitrogen and oxygen atoms in total. The summed E-state index contributed by atoms with van der Waals surface area (Å²) in [5.74, 6) is 0.632. The molecule has 130 valence electrons. The number of aryl methyl sites for hydroxylation is 2. The summed E-state index contributed by atoms with van der Waals surface area (Å²) in [6.45, 7) is 4.06. The third-order valence-corrected chi connectivity index (χ3v) is 6.43. The zero-order chi connectivity index (χ0) is 18.0. The first-order valence-electron chi connectivity index (χ1n) is 7.41. The number of halogens is 1. The van der Waals surface area contributed by atoms with Gasteiger partial charge in [-0.1, -0.05) is 17.7 Å². The van der Waals surface area contributed by atoms with Crippen LogP contribution in [0.15, 0.2) is 52.9 Å². The Labute approximate surface area is 155 Å². The van der Waals surface area contributed by atoms with Gasteiger partial charge in [0.25, 0.3) is 10.0 Å². The highest BCUT2D eigenvalue weighted by Crippen LogP contribution is 2.27. The first-order chi connectivity index (χ1) is 11.8. The third kappa shape index (κ3) is 4.50. The average Bonchev–Trinajstić information content (AvgIpc) is 2.95. The van der Waals surface area contributed by atoms with Crippen LogP contribution < -0.4 is 10.0 Å². The summed E-state index contributed by atoms with van der Waals surface area (Å²) >= 11 is 6.80. The van der Waals surface area contributed by atoms with E-state index in [4.69, 9.17) is 11.6 Å². The molecule has 0 spiro atoms. The molecule has 3 aromatic rings. The van der Waals surface area contributed by atoms with Crippen LogP contribution in [0.5, 0.6) is 0 Å². The highest BCUT2D eigenvalue weighted by molar-refractivity contribution is 7.94. The summed E-state index contributed by atoms with van der Waals surface area (Å²) in [5.41, 5.74) is 3.63. The molecule has 3 rings (SSSR count). The second kappa shape index (κ2) is 7.03. The lowest BCUT2D eigenvalue weighted by molar-refractivity contribution is 0.603. The Balaban J connectivity index is 1.74. The van der Waals surface area contributed by atoms with E-state index >= 15 is 0 Å². The quantitative estimate of drug-likeness (QED) is 0.642. The van der Waals surface area contributed by atoms with Crippen LogP contribution in [0, 0.1) is 13.8 Å². The largest absolute Gasteiger partial charge is 0.340 e. The van der Waals surface area contributed by atoms with Crippen LogP contribution in [-0.4, -0.2) is 13.4 Å². The highest BCUT2D eigenvalue weighted by Gasteiger charge is 2.16. The van der Waals surface area contributed by atoms with Crippen molar-refractivity contribution in [1.29, 1.82) is 0 Å². The van der Waals surface area contributed by atoms with Gasteiger partial charge in [-0.05, 0) is 61.4 Å². The van der Waals surface area contributed by atoms with Crippen molar-refractivity contribution in [2.75, 3.05) is 10.0 Å². The molecule has 0 amide bonds. The Kier molecular flexibility index (Phi) is 4.99. The van der Waals surface area contributed by atoms with E-state index in [0.29, 0.717) is 15.8 Å². The van der Waals surface area contributed by atoms with Gasteiger partial charge in [0.2, 0.25) is 0 Å². The molecule has 0 saturated heterocycles. The lowest BCUT2D eigenvalue weighted by Gasteiger charge is -2.09. The van der Waals surface area contributed by atoms with Crippen molar-refractivity contribution in [2.24, 2.45) is 0 Å². The van der Waals surface area contributed by atoms with Crippen LogP contribution in [0.25, 0.3) is 0 Å². The minimum absolute atomic E-state index is 0.162. The Hall–Kier alpha value is -2.09. The maximum absolute atomic E-state index is 12.3. The molecule has 25 heavy (non-hydrogen) atoms. The maximum Gasteiger partial charge on any atom is 0.271 e. The molecule has 0 atom stereocenters. The second-order valence-electron chi connectivity index (χ2n) is 5.60. The lowest BCUT2D eigenvalue weighted by Crippen LogP contribution is -2.11. The number of aromatic nitrogens is 1. The van der Waals surface area contributed by atoms with Gasteiger partial charge in [-0.25, -0.2) is 13.4 Å². The number of hydrogen-bond donors (Lipinski definition) is 2. The van der Waals surface area contributed by atoms with Crippen LogP contribution in [0.3, 0.4) is 0 Å². The minimum Gasteiger partial charge on any atom is -0.340 e. The molecule has 8 heteroatoms. The van der Waals surface area contributed by atoms with Gasteiger partial charge in [-0.3, -0.25) is 4.72 Å². The minimum atomic E-state index is -3.65. The summed E-state index contributed by atoms with van der Waals surface area (Å²) in [5, 5.41) is 3.21. The number of rotatable bonds is 5. The van der Waals surface area contributed by atoms with Gasteiger partial charge in [-0.15, -0.1) is 11.3 Å². The van der Waals surface area contributed by atoms with E-state index in [0.717, 1.165) is 28.2 Å². The Morgan fingerprint density at radius 3 is 2.28 bits per heavy atom. The predicted octanol–water partition coefficient (Wildman–Crippen LogP) is 4.96. The van der Waals surface area contributed by atoms with E-state index < -0.39 is 10.0 Å². The number of hydrogen-bond acceptors (Lipinski definition) is 5. The summed E-state index contributed by atoms with van der Waals surface area (Å²) in [6, 6.07) is 12.5. The smallest absolute Gasteiger partial charge is 0.271 e. The molecule has 0 aliphatic rings. The van der Waals surface area contributed by atoms with E-state index in [1.165, 1.54) is 12.3 Å². The fourth-order valence-electron chi connectivity index (χ4n) is 2.37. The van der Waals surface area contributed by atoms with Crippen molar-refractivity contribution >= 4 is 50.2 Å². The van der Waals surface area contributed by atoms with Crippen molar-refractivity contribution in [3.8, 4) is 0 Å². The number of thiophene rings is 1. The van der Waals surface area contributed by atoms with Gasteiger partial charge in [0.15, 0.2) is 0 Å². The van der Waals surface area contributed by atoms with E-state index in [1.807, 2.05) is 26.0 Å². The summed E-state index contributed by atoms with van der Waals surface area (Å²) in [7, 11) is -3.65. The van der Waals surface area contributed by atoms with Gasteiger partial charge in [0.1, 0.15) is 10.0 Å². The van der Waals surface area contributed by atoms with Crippen LogP contribution in [0.1, 0.15) is 11.1 Å². The molecule has 0 bridgehead atoms. The summed E-state index contributed by atoms with van der Waals surface area (Å²) < 4.78 is 27.6. The monoisotopic (exact) mass is 393 g/mol. The third-order valence-electron chi connectivity index (χ3n) is 3.32. The molecular formula is C17H16ClN3O2S2. The molecule has 2 N–H and O–H groups in total. The number of anilines is 3. The number of nitrogens with zero attached hydrogens (tertiary/aromatic N) is 1. The molecule has 0 fully saturated rings. The van der Waals surface area contributed by atoms with Gasteiger partial charge >= 0.3 is 0 Å². The average molecular weight is 394 g/mol. The van der Waals surface area contributed by atoms with Gasteiger partial charge in [0.05, 0.1) is 16.2 Å². The Morgan fingerprint density at radius 1 is 1.00 bits per heavy atom. The van der Waals surface area contributed by atoms with Crippen molar-refractivity contribution < 1.29 is 8.42 Å². The van der Waals surface area contributed by atoms with Gasteiger partial charge in [0, 0.05) is 5.69 Å². The van der Waals surface area contributed by atoms with Crippen LogP contribution >= 0.6 is 22.9 Å². The van der Waals surface area contributed by atoms with Gasteiger partial charge < -0.3 is 5.32 Å². The van der Waals surface area contributed by atoms with Crippen molar-refractivity contribution in [2.45, 2.75) is 18.1 Å². The summed E-state index contributed by atoms with van der Waals surface area (Å²) in [4.78, 5) is 4.26. The fourth-order valence-corrected chi connectivity index (χ4v) is 4.90. The van der Waals surface area contributed by atoms with Crippen molar-refractivity contribution in [1.82, 2.24) is 4.98 Å². The molecule has 0 aliphatic carbocycles. The number of nitrogens with one attached hydrogen (secondary N) is 2. The zero-order valence-electron chi connectivity index (χ0n) is 13.6. The standard InChI is InChI=1S/C17H16ClN3O2S2/c1-11-7-12(2)9-14(8-11)20-16-5-3-13(10-19-16)21-25(22,23)17-6-4-15(18)24-17/h3-10,21H,1-2H3,(H,19,20). The maximum atomic E-state index is 12.3. The van der Waals surface area contributed by atoms with E-state index in [-0.39, 0.29) is 4.21 Å². The molecule has 2 aromatic heterocycles. The SMILES string of the molecule is Cc1cc(C)cc(Nc2ccc(NS(=O)(=O)c3ccc(Cl)s3)cn2)c1. The first-order valence-corrected chi connectivity index (χ1v) is 10.1. The predicted molar refractivity (Wildman–Crippen MR) is 104 cm³/mol. The normalized spacial score (nSPS) is 11.3. The van der Waals surface area contributed by atoms with Crippen LogP contribution in [0.2, 0.25) is 4.34 Å². The van der Waals surface area contributed by atoms with E-state index in [1.54, 1.807) is 18.2 Å². The van der Waals surface area contributed by atoms with Crippen LogP contribution in [-0.2, 0) is 10.0 Å². The number of pyridine rings is 1. The van der Waals surface area contributed by atoms with Crippen molar-refractivity contribution in [3.05, 3.63) is 64.1 Å². The molecule has 0 saturated carbocycles. The topological polar surface area (TPSA) is 71.1 Å². The first kappa shape index (κ1) is 17.7.